The molecule has 152 valence electrons. The molecule has 1 saturated heterocycles. The van der Waals surface area contributed by atoms with Gasteiger partial charge < -0.3 is 20.3 Å². The Kier molecular flexibility index (Phi) is 9.16. The Labute approximate surface area is 160 Å². The Balaban J connectivity index is 1.68. The number of hydrogen-bond donors (Lipinski definition) is 2. The molecule has 2 fully saturated rings. The zero-order valence-corrected chi connectivity index (χ0v) is 17.2. The molecular weight excluding hydrogens is 328 g/mol. The van der Waals surface area contributed by atoms with Crippen molar-refractivity contribution in [3.8, 4) is 0 Å². The van der Waals surface area contributed by atoms with Gasteiger partial charge in [-0.3, -0.25) is 4.90 Å². The van der Waals surface area contributed by atoms with Crippen molar-refractivity contribution in [2.75, 3.05) is 53.0 Å². The van der Waals surface area contributed by atoms with Crippen molar-refractivity contribution in [1.29, 1.82) is 0 Å². The molecular formula is C20H40N4O2. The van der Waals surface area contributed by atoms with Crippen LogP contribution >= 0.6 is 0 Å². The van der Waals surface area contributed by atoms with Crippen molar-refractivity contribution in [1.82, 2.24) is 20.4 Å². The third kappa shape index (κ3) is 6.71. The molecule has 0 aromatic heterocycles. The van der Waals surface area contributed by atoms with E-state index in [4.69, 9.17) is 4.74 Å². The van der Waals surface area contributed by atoms with Crippen LogP contribution in [0.4, 0.5) is 4.79 Å². The van der Waals surface area contributed by atoms with Crippen LogP contribution in [0.1, 0.15) is 58.8 Å². The van der Waals surface area contributed by atoms with Crippen LogP contribution in [0.3, 0.4) is 0 Å². The number of nitrogens with zero attached hydrogens (tertiary/aromatic N) is 2. The number of amides is 2. The second-order valence-electron chi connectivity index (χ2n) is 8.28. The van der Waals surface area contributed by atoms with Crippen molar-refractivity contribution >= 4 is 6.03 Å². The number of rotatable bonds is 9. The number of urea groups is 1. The third-order valence-electron chi connectivity index (χ3n) is 6.15. The molecule has 0 unspecified atom stereocenters. The molecule has 0 atom stereocenters. The highest BCUT2D eigenvalue weighted by molar-refractivity contribution is 5.73. The number of ether oxygens (including phenoxy) is 1. The van der Waals surface area contributed by atoms with Gasteiger partial charge in [0.2, 0.25) is 0 Å². The number of unbranched alkanes of at least 4 members (excludes halogenated alkanes) is 1. The summed E-state index contributed by atoms with van der Waals surface area (Å²) in [6, 6.07) is 0.568. The normalized spacial score (nSPS) is 21.1. The van der Waals surface area contributed by atoms with Gasteiger partial charge in [0, 0.05) is 37.8 Å². The third-order valence-corrected chi connectivity index (χ3v) is 6.15. The summed E-state index contributed by atoms with van der Waals surface area (Å²) in [6.45, 7) is 10.6. The van der Waals surface area contributed by atoms with Crippen molar-refractivity contribution in [3.63, 3.8) is 0 Å². The zero-order chi connectivity index (χ0) is 18.8. The highest BCUT2D eigenvalue weighted by Crippen LogP contribution is 2.33. The number of carbonyl (C=O) groups is 1. The van der Waals surface area contributed by atoms with Gasteiger partial charge in [-0.25, -0.2) is 4.79 Å². The van der Waals surface area contributed by atoms with Crippen molar-refractivity contribution in [2.45, 2.75) is 70.4 Å². The predicted molar refractivity (Wildman–Crippen MR) is 107 cm³/mol. The topological polar surface area (TPSA) is 56.8 Å². The highest BCUT2D eigenvalue weighted by Gasteiger charge is 2.38. The molecule has 6 heteroatoms. The Morgan fingerprint density at radius 2 is 1.81 bits per heavy atom. The largest absolute Gasteiger partial charge is 0.379 e. The lowest BCUT2D eigenvalue weighted by Crippen LogP contribution is -2.60. The summed E-state index contributed by atoms with van der Waals surface area (Å²) in [7, 11) is 2.15. The summed E-state index contributed by atoms with van der Waals surface area (Å²) in [6.07, 6.45) is 8.38. The lowest BCUT2D eigenvalue weighted by molar-refractivity contribution is -0.0357. The van der Waals surface area contributed by atoms with Crippen molar-refractivity contribution in [3.05, 3.63) is 0 Å². The van der Waals surface area contributed by atoms with Gasteiger partial charge >= 0.3 is 6.03 Å². The summed E-state index contributed by atoms with van der Waals surface area (Å²) < 4.78 is 5.52. The Hall–Kier alpha value is -0.850. The average Bonchev–Trinajstić information content (AvgIpc) is 2.67. The predicted octanol–water partition coefficient (Wildman–Crippen LogP) is 2.44. The van der Waals surface area contributed by atoms with E-state index < -0.39 is 0 Å². The molecule has 1 aliphatic carbocycles. The van der Waals surface area contributed by atoms with Gasteiger partial charge in [-0.2, -0.15) is 0 Å². The van der Waals surface area contributed by atoms with E-state index in [2.05, 4.69) is 41.3 Å². The first-order chi connectivity index (χ1) is 12.5. The van der Waals surface area contributed by atoms with Crippen LogP contribution < -0.4 is 10.6 Å². The highest BCUT2D eigenvalue weighted by atomic mass is 16.5. The van der Waals surface area contributed by atoms with E-state index in [0.29, 0.717) is 6.04 Å². The Bertz CT molecular complexity index is 405. The average molecular weight is 369 g/mol. The first-order valence-corrected chi connectivity index (χ1v) is 10.6. The van der Waals surface area contributed by atoms with Gasteiger partial charge in [-0.05, 0) is 53.1 Å². The molecule has 2 rings (SSSR count). The molecule has 0 spiro atoms. The van der Waals surface area contributed by atoms with Crippen LogP contribution in [-0.2, 0) is 4.74 Å². The van der Waals surface area contributed by atoms with Crippen LogP contribution in [-0.4, -0.2) is 80.4 Å². The monoisotopic (exact) mass is 368 g/mol. The fourth-order valence-electron chi connectivity index (χ4n) is 4.11. The molecule has 1 saturated carbocycles. The molecule has 0 bridgehead atoms. The summed E-state index contributed by atoms with van der Waals surface area (Å²) in [4.78, 5) is 17.1. The molecule has 2 amide bonds. The minimum atomic E-state index is -0.0135. The Morgan fingerprint density at radius 3 is 2.46 bits per heavy atom. The molecule has 0 radical (unpaired) electrons. The number of morpholine rings is 1. The standard InChI is InChI=1S/C20H40N4O2/c1-18(2)23(3)12-8-7-11-21-19(25)22-17-20(9-5-4-6-10-20)24-13-15-26-16-14-24/h18H,4-17H2,1-3H3,(H2,21,22,25). The smallest absolute Gasteiger partial charge is 0.314 e. The van der Waals surface area contributed by atoms with E-state index in [9.17, 15) is 4.79 Å². The van der Waals surface area contributed by atoms with Crippen molar-refractivity contribution < 1.29 is 9.53 Å². The van der Waals surface area contributed by atoms with Gasteiger partial charge in [0.15, 0.2) is 0 Å². The van der Waals surface area contributed by atoms with E-state index >= 15 is 0 Å². The quantitative estimate of drug-likeness (QED) is 0.614. The maximum absolute atomic E-state index is 12.2. The molecule has 0 aromatic rings. The lowest BCUT2D eigenvalue weighted by atomic mass is 9.80. The molecule has 2 N–H and O–H groups in total. The second kappa shape index (κ2) is 11.1. The van der Waals surface area contributed by atoms with Crippen LogP contribution in [0.15, 0.2) is 0 Å². The van der Waals surface area contributed by atoms with E-state index in [-0.39, 0.29) is 11.6 Å². The maximum atomic E-state index is 12.2. The van der Waals surface area contributed by atoms with E-state index in [1.54, 1.807) is 0 Å². The number of hydrogen-bond acceptors (Lipinski definition) is 4. The van der Waals surface area contributed by atoms with Crippen LogP contribution in [0.5, 0.6) is 0 Å². The Morgan fingerprint density at radius 1 is 1.12 bits per heavy atom. The minimum absolute atomic E-state index is 0.0135. The maximum Gasteiger partial charge on any atom is 0.314 e. The van der Waals surface area contributed by atoms with E-state index in [1.165, 1.54) is 32.1 Å². The summed E-state index contributed by atoms with van der Waals surface area (Å²) >= 11 is 0. The lowest BCUT2D eigenvalue weighted by Gasteiger charge is -2.48. The number of carbonyl (C=O) groups excluding carboxylic acids is 1. The molecule has 6 nitrogen and oxygen atoms in total. The van der Waals surface area contributed by atoms with Gasteiger partial charge in [0.1, 0.15) is 0 Å². The molecule has 26 heavy (non-hydrogen) atoms. The SMILES string of the molecule is CC(C)N(C)CCCCNC(=O)NCC1(N2CCOCC2)CCCCC1. The van der Waals surface area contributed by atoms with Gasteiger partial charge in [-0.15, -0.1) is 0 Å². The fraction of sp³-hybridized carbons (Fsp3) is 0.950. The van der Waals surface area contributed by atoms with Gasteiger partial charge in [0.05, 0.1) is 13.2 Å². The zero-order valence-electron chi connectivity index (χ0n) is 17.2. The first-order valence-electron chi connectivity index (χ1n) is 10.6. The van der Waals surface area contributed by atoms with E-state index in [1.807, 2.05) is 0 Å². The molecule has 1 aliphatic heterocycles. The minimum Gasteiger partial charge on any atom is -0.379 e. The van der Waals surface area contributed by atoms with Crippen LogP contribution in [0.25, 0.3) is 0 Å². The fourth-order valence-corrected chi connectivity index (χ4v) is 4.11. The second-order valence-corrected chi connectivity index (χ2v) is 8.28. The summed E-state index contributed by atoms with van der Waals surface area (Å²) in [5, 5.41) is 6.20. The molecule has 1 heterocycles. The number of nitrogens with one attached hydrogen (secondary N) is 2. The first kappa shape index (κ1) is 21.5. The van der Waals surface area contributed by atoms with Crippen molar-refractivity contribution in [2.24, 2.45) is 0 Å². The van der Waals surface area contributed by atoms with Crippen LogP contribution in [0.2, 0.25) is 0 Å². The van der Waals surface area contributed by atoms with E-state index in [0.717, 1.165) is 58.8 Å². The van der Waals surface area contributed by atoms with Gasteiger partial charge in [0.25, 0.3) is 0 Å². The van der Waals surface area contributed by atoms with Gasteiger partial charge in [-0.1, -0.05) is 19.3 Å². The molecule has 2 aliphatic rings. The van der Waals surface area contributed by atoms with Crippen LogP contribution in [0, 0.1) is 0 Å². The molecule has 0 aromatic carbocycles. The summed E-state index contributed by atoms with van der Waals surface area (Å²) in [5.41, 5.74) is 0.138. The summed E-state index contributed by atoms with van der Waals surface area (Å²) in [5.74, 6) is 0.